The van der Waals surface area contributed by atoms with E-state index in [1.54, 1.807) is 0 Å². The van der Waals surface area contributed by atoms with Crippen molar-refractivity contribution in [1.29, 1.82) is 0 Å². The molecule has 12 heteroatoms. The number of ether oxygens (including phenoxy) is 1. The Hall–Kier alpha value is -3.47. The number of methoxy groups -OCH3 is 1. The van der Waals surface area contributed by atoms with Crippen LogP contribution in [0.1, 0.15) is 10.4 Å². The molecule has 134 valence electrons. The number of nitrogens with one attached hydrogen (secondary N) is 3. The first-order valence-corrected chi connectivity index (χ1v) is 7.39. The number of halogens is 2. The molecule has 1 aromatic carbocycles. The second kappa shape index (κ2) is 6.80. The van der Waals surface area contributed by atoms with Crippen LogP contribution >= 0.6 is 11.6 Å². The van der Waals surface area contributed by atoms with Gasteiger partial charge in [-0.25, -0.2) is 19.2 Å². The van der Waals surface area contributed by atoms with Crippen molar-refractivity contribution in [1.82, 2.24) is 20.2 Å². The van der Waals surface area contributed by atoms with Crippen LogP contribution in [0.25, 0.3) is 11.0 Å². The Kier molecular flexibility index (Phi) is 4.54. The predicted octanol–water partition coefficient (Wildman–Crippen LogP) is 1.90. The molecule has 0 aliphatic rings. The molecule has 0 aliphatic carbocycles. The van der Waals surface area contributed by atoms with Crippen LogP contribution < -0.4 is 21.1 Å². The van der Waals surface area contributed by atoms with Crippen molar-refractivity contribution in [2.45, 2.75) is 0 Å². The molecule has 3 aromatic rings. The van der Waals surface area contributed by atoms with Gasteiger partial charge in [0.2, 0.25) is 5.88 Å². The molecule has 26 heavy (non-hydrogen) atoms. The molecule has 0 spiro atoms. The maximum atomic E-state index is 14.3. The van der Waals surface area contributed by atoms with Gasteiger partial charge in [0.05, 0.1) is 23.4 Å². The molecule has 5 N–H and O–H groups in total. The van der Waals surface area contributed by atoms with Crippen molar-refractivity contribution in [2.75, 3.05) is 17.7 Å². The Labute approximate surface area is 149 Å². The summed E-state index contributed by atoms with van der Waals surface area (Å²) in [6.07, 6.45) is 1.19. The zero-order valence-electron chi connectivity index (χ0n) is 13.1. The van der Waals surface area contributed by atoms with E-state index in [0.717, 1.165) is 6.07 Å². The summed E-state index contributed by atoms with van der Waals surface area (Å²) in [5.74, 6) is -1.81. The lowest BCUT2D eigenvalue weighted by Gasteiger charge is -2.11. The van der Waals surface area contributed by atoms with Crippen LogP contribution in [0.15, 0.2) is 18.5 Å². The molecule has 0 saturated carbocycles. The van der Waals surface area contributed by atoms with Gasteiger partial charge in [0.15, 0.2) is 17.3 Å². The number of nitrogens with zero attached hydrogens (tertiary/aromatic N) is 3. The normalized spacial score (nSPS) is 10.6. The van der Waals surface area contributed by atoms with E-state index in [0.29, 0.717) is 11.0 Å². The molecule has 0 atom stereocenters. The van der Waals surface area contributed by atoms with Crippen LogP contribution in [-0.4, -0.2) is 39.2 Å². The number of primary amides is 1. The number of hydrogen-bond acceptors (Lipinski definition) is 6. The minimum Gasteiger partial charge on any atom is -0.479 e. The standard InChI is InChI=1S/C14H11ClFN7O3/c1-26-13-7-11(18-4-19-12(7)22-23-13)21-14(25)20-9-6(15)3-2-5(8(9)16)10(17)24/h2-4H,1H3,(H2,17,24)(H3,18,19,20,21,22,23,25). The summed E-state index contributed by atoms with van der Waals surface area (Å²) < 4.78 is 19.4. The largest absolute Gasteiger partial charge is 0.479 e. The monoisotopic (exact) mass is 379 g/mol. The number of aromatic nitrogens is 4. The van der Waals surface area contributed by atoms with E-state index in [9.17, 15) is 14.0 Å². The van der Waals surface area contributed by atoms with E-state index in [1.165, 1.54) is 19.5 Å². The summed E-state index contributed by atoms with van der Waals surface area (Å²) in [7, 11) is 1.39. The van der Waals surface area contributed by atoms with Crippen molar-refractivity contribution < 1.29 is 18.7 Å². The molecule has 0 bridgehead atoms. The van der Waals surface area contributed by atoms with E-state index in [4.69, 9.17) is 22.1 Å². The number of fused-ring (bicyclic) bond motifs is 1. The number of H-pyrrole nitrogens is 1. The summed E-state index contributed by atoms with van der Waals surface area (Å²) >= 11 is 5.88. The van der Waals surface area contributed by atoms with Gasteiger partial charge in [0, 0.05) is 0 Å². The first-order chi connectivity index (χ1) is 12.4. The fraction of sp³-hybridized carbons (Fsp3) is 0.0714. The van der Waals surface area contributed by atoms with E-state index < -0.39 is 29.0 Å². The van der Waals surface area contributed by atoms with Crippen LogP contribution in [0.5, 0.6) is 5.88 Å². The molecule has 3 rings (SSSR count). The molecule has 10 nitrogen and oxygen atoms in total. The van der Waals surface area contributed by atoms with Crippen molar-refractivity contribution in [3.05, 3.63) is 34.9 Å². The van der Waals surface area contributed by atoms with Crippen molar-refractivity contribution in [3.8, 4) is 5.88 Å². The van der Waals surface area contributed by atoms with Crippen molar-refractivity contribution in [3.63, 3.8) is 0 Å². The fourth-order valence-corrected chi connectivity index (χ4v) is 2.38. The maximum Gasteiger partial charge on any atom is 0.324 e. The third kappa shape index (κ3) is 3.07. The minimum atomic E-state index is -1.05. The maximum absolute atomic E-state index is 14.3. The third-order valence-corrected chi connectivity index (χ3v) is 3.66. The number of aromatic amines is 1. The number of carbonyl (C=O) groups is 2. The summed E-state index contributed by atoms with van der Waals surface area (Å²) in [6.45, 7) is 0. The Bertz CT molecular complexity index is 1020. The average Bonchev–Trinajstić information content (AvgIpc) is 3.02. The molecule has 0 unspecified atom stereocenters. The highest BCUT2D eigenvalue weighted by Crippen LogP contribution is 2.29. The van der Waals surface area contributed by atoms with Gasteiger partial charge in [-0.2, -0.15) is 0 Å². The SMILES string of the molecule is COc1n[nH]c2ncnc(NC(=O)Nc3c(Cl)ccc(C(N)=O)c3F)c12. The molecular weight excluding hydrogens is 369 g/mol. The van der Waals surface area contributed by atoms with Crippen LogP contribution in [-0.2, 0) is 0 Å². The molecule has 0 radical (unpaired) electrons. The highest BCUT2D eigenvalue weighted by atomic mass is 35.5. The lowest BCUT2D eigenvalue weighted by molar-refractivity contribution is 0.0996. The predicted molar refractivity (Wildman–Crippen MR) is 90.8 cm³/mol. The number of urea groups is 1. The third-order valence-electron chi connectivity index (χ3n) is 3.34. The first kappa shape index (κ1) is 17.4. The highest BCUT2D eigenvalue weighted by Gasteiger charge is 2.20. The van der Waals surface area contributed by atoms with Gasteiger partial charge >= 0.3 is 6.03 Å². The van der Waals surface area contributed by atoms with Gasteiger partial charge in [-0.1, -0.05) is 11.6 Å². The number of benzene rings is 1. The van der Waals surface area contributed by atoms with Gasteiger partial charge in [0.25, 0.3) is 5.91 Å². The minimum absolute atomic E-state index is 0.0701. The second-order valence-corrected chi connectivity index (χ2v) is 5.31. The molecule has 0 aliphatic heterocycles. The molecule has 2 heterocycles. The fourth-order valence-electron chi connectivity index (χ4n) is 2.18. The first-order valence-electron chi connectivity index (χ1n) is 7.01. The smallest absolute Gasteiger partial charge is 0.324 e. The van der Waals surface area contributed by atoms with E-state index in [-0.39, 0.29) is 16.7 Å². The van der Waals surface area contributed by atoms with Crippen molar-refractivity contribution in [2.24, 2.45) is 5.73 Å². The highest BCUT2D eigenvalue weighted by molar-refractivity contribution is 6.34. The lowest BCUT2D eigenvalue weighted by atomic mass is 10.1. The van der Waals surface area contributed by atoms with Crippen LogP contribution in [0, 0.1) is 5.82 Å². The van der Waals surface area contributed by atoms with Crippen LogP contribution in [0.4, 0.5) is 20.7 Å². The lowest BCUT2D eigenvalue weighted by Crippen LogP contribution is -2.22. The number of anilines is 2. The second-order valence-electron chi connectivity index (χ2n) is 4.91. The van der Waals surface area contributed by atoms with Crippen LogP contribution in [0.3, 0.4) is 0 Å². The number of amides is 3. The zero-order valence-corrected chi connectivity index (χ0v) is 13.9. The number of carbonyl (C=O) groups excluding carboxylic acids is 2. The summed E-state index contributed by atoms with van der Waals surface area (Å²) in [4.78, 5) is 31.3. The molecular formula is C14H11ClFN7O3. The van der Waals surface area contributed by atoms with Gasteiger partial charge in [0.1, 0.15) is 11.7 Å². The number of rotatable bonds is 4. The number of nitrogens with two attached hydrogens (primary N) is 1. The zero-order chi connectivity index (χ0) is 18.8. The van der Waals surface area contributed by atoms with E-state index in [2.05, 4.69) is 30.8 Å². The summed E-state index contributed by atoms with van der Waals surface area (Å²) in [5, 5.41) is 11.3. The molecule has 0 saturated heterocycles. The Balaban J connectivity index is 1.90. The summed E-state index contributed by atoms with van der Waals surface area (Å²) in [5.41, 5.74) is 4.60. The number of hydrogen-bond donors (Lipinski definition) is 4. The van der Waals surface area contributed by atoms with E-state index >= 15 is 0 Å². The van der Waals surface area contributed by atoms with E-state index in [1.807, 2.05) is 0 Å². The van der Waals surface area contributed by atoms with Crippen molar-refractivity contribution >= 4 is 46.1 Å². The Morgan fingerprint density at radius 1 is 1.31 bits per heavy atom. The Morgan fingerprint density at radius 2 is 2.08 bits per heavy atom. The molecule has 0 fully saturated rings. The molecule has 2 aromatic heterocycles. The summed E-state index contributed by atoms with van der Waals surface area (Å²) in [6, 6.07) is 1.49. The quantitative estimate of drug-likeness (QED) is 0.544. The van der Waals surface area contributed by atoms with Gasteiger partial charge in [-0.05, 0) is 12.1 Å². The average molecular weight is 380 g/mol. The topological polar surface area (TPSA) is 148 Å². The Morgan fingerprint density at radius 3 is 2.77 bits per heavy atom. The molecule has 3 amide bonds. The van der Waals surface area contributed by atoms with Gasteiger partial charge in [-0.15, -0.1) is 5.10 Å². The van der Waals surface area contributed by atoms with Gasteiger partial charge in [-0.3, -0.25) is 15.2 Å². The van der Waals surface area contributed by atoms with Crippen LogP contribution in [0.2, 0.25) is 5.02 Å². The van der Waals surface area contributed by atoms with Gasteiger partial charge < -0.3 is 15.8 Å².